The molecule has 5 nitrogen and oxygen atoms in total. The number of carbonyl (C=O) groups is 1. The van der Waals surface area contributed by atoms with Gasteiger partial charge in [-0.25, -0.2) is 4.79 Å². The van der Waals surface area contributed by atoms with Crippen molar-refractivity contribution >= 4 is 16.8 Å². The molecule has 4 unspecified atom stereocenters. The SMILES string of the molecule is CCS(=O)C1CCCC(NC(=O)N2CCC(CO)C2)C1. The summed E-state index contributed by atoms with van der Waals surface area (Å²) < 4.78 is 11.9. The molecule has 0 aromatic carbocycles. The van der Waals surface area contributed by atoms with E-state index in [1.165, 1.54) is 0 Å². The molecular formula is C14H26N2O3S. The van der Waals surface area contributed by atoms with E-state index in [0.29, 0.717) is 12.3 Å². The molecule has 4 atom stereocenters. The first-order valence-corrected chi connectivity index (χ1v) is 9.05. The van der Waals surface area contributed by atoms with Gasteiger partial charge < -0.3 is 15.3 Å². The molecule has 1 aliphatic heterocycles. The molecule has 0 aromatic heterocycles. The maximum atomic E-state index is 12.2. The lowest BCUT2D eigenvalue weighted by atomic mass is 9.95. The average Bonchev–Trinajstić information content (AvgIpc) is 2.95. The van der Waals surface area contributed by atoms with Gasteiger partial charge in [0.1, 0.15) is 0 Å². The topological polar surface area (TPSA) is 69.6 Å². The monoisotopic (exact) mass is 302 g/mol. The molecule has 1 saturated carbocycles. The van der Waals surface area contributed by atoms with Gasteiger partial charge in [0, 0.05) is 53.5 Å². The predicted molar refractivity (Wildman–Crippen MR) is 80.0 cm³/mol. The molecule has 2 amide bonds. The van der Waals surface area contributed by atoms with Crippen molar-refractivity contribution in [3.05, 3.63) is 0 Å². The minimum atomic E-state index is -0.756. The third-order valence-corrected chi connectivity index (χ3v) is 6.18. The first-order chi connectivity index (χ1) is 9.63. The molecule has 0 spiro atoms. The minimum absolute atomic E-state index is 0.0196. The van der Waals surface area contributed by atoms with Crippen LogP contribution in [0.1, 0.15) is 39.0 Å². The number of likely N-dealkylation sites (tertiary alicyclic amines) is 1. The molecule has 0 radical (unpaired) electrons. The fourth-order valence-corrected chi connectivity index (χ4v) is 4.53. The van der Waals surface area contributed by atoms with Crippen LogP contribution in [0.2, 0.25) is 0 Å². The van der Waals surface area contributed by atoms with Gasteiger partial charge in [-0.15, -0.1) is 0 Å². The zero-order valence-electron chi connectivity index (χ0n) is 12.2. The van der Waals surface area contributed by atoms with E-state index in [-0.39, 0.29) is 29.8 Å². The van der Waals surface area contributed by atoms with Crippen LogP contribution in [0.5, 0.6) is 0 Å². The summed E-state index contributed by atoms with van der Waals surface area (Å²) in [4.78, 5) is 14.0. The molecule has 1 aliphatic carbocycles. The van der Waals surface area contributed by atoms with Crippen molar-refractivity contribution in [1.29, 1.82) is 0 Å². The van der Waals surface area contributed by atoms with E-state index >= 15 is 0 Å². The number of carbonyl (C=O) groups excluding carboxylic acids is 1. The molecule has 6 heteroatoms. The van der Waals surface area contributed by atoms with Gasteiger partial charge in [-0.1, -0.05) is 13.3 Å². The van der Waals surface area contributed by atoms with Crippen molar-refractivity contribution in [3.8, 4) is 0 Å². The number of hydrogen-bond acceptors (Lipinski definition) is 3. The normalized spacial score (nSPS) is 32.1. The second kappa shape index (κ2) is 7.41. The summed E-state index contributed by atoms with van der Waals surface area (Å²) in [6.07, 6.45) is 4.77. The van der Waals surface area contributed by atoms with Crippen molar-refractivity contribution in [1.82, 2.24) is 10.2 Å². The van der Waals surface area contributed by atoms with Gasteiger partial charge in [-0.3, -0.25) is 4.21 Å². The van der Waals surface area contributed by atoms with Crippen LogP contribution in [-0.4, -0.2) is 57.0 Å². The van der Waals surface area contributed by atoms with Crippen LogP contribution in [0.25, 0.3) is 0 Å². The highest BCUT2D eigenvalue weighted by Crippen LogP contribution is 2.23. The van der Waals surface area contributed by atoms with Crippen LogP contribution in [-0.2, 0) is 10.8 Å². The van der Waals surface area contributed by atoms with Crippen LogP contribution < -0.4 is 5.32 Å². The van der Waals surface area contributed by atoms with E-state index in [2.05, 4.69) is 5.32 Å². The standard InChI is InChI=1S/C14H26N2O3S/c1-2-20(19)13-5-3-4-12(8-13)15-14(18)16-7-6-11(9-16)10-17/h11-13,17H,2-10H2,1H3,(H,15,18). The first-order valence-electron chi connectivity index (χ1n) is 7.67. The largest absolute Gasteiger partial charge is 0.396 e. The Kier molecular flexibility index (Phi) is 5.84. The average molecular weight is 302 g/mol. The van der Waals surface area contributed by atoms with E-state index in [4.69, 9.17) is 5.11 Å². The van der Waals surface area contributed by atoms with Crippen LogP contribution >= 0.6 is 0 Å². The maximum absolute atomic E-state index is 12.2. The van der Waals surface area contributed by atoms with Crippen molar-refractivity contribution in [2.45, 2.75) is 50.3 Å². The lowest BCUT2D eigenvalue weighted by Crippen LogP contribution is -2.46. The molecule has 1 saturated heterocycles. The highest BCUT2D eigenvalue weighted by Gasteiger charge is 2.30. The summed E-state index contributed by atoms with van der Waals surface area (Å²) in [5.41, 5.74) is 0. The van der Waals surface area contributed by atoms with Crippen molar-refractivity contribution in [3.63, 3.8) is 0 Å². The smallest absolute Gasteiger partial charge is 0.317 e. The van der Waals surface area contributed by atoms with E-state index in [1.807, 2.05) is 6.92 Å². The lowest BCUT2D eigenvalue weighted by molar-refractivity contribution is 0.192. The fourth-order valence-electron chi connectivity index (χ4n) is 3.18. The predicted octanol–water partition coefficient (Wildman–Crippen LogP) is 1.09. The molecule has 0 aromatic rings. The Labute approximate surface area is 123 Å². The molecule has 2 fully saturated rings. The first kappa shape index (κ1) is 15.8. The highest BCUT2D eigenvalue weighted by molar-refractivity contribution is 7.85. The molecule has 1 heterocycles. The number of nitrogens with zero attached hydrogens (tertiary/aromatic N) is 1. The Morgan fingerprint density at radius 2 is 2.20 bits per heavy atom. The number of urea groups is 1. The third kappa shape index (κ3) is 3.95. The van der Waals surface area contributed by atoms with Crippen molar-refractivity contribution in [2.75, 3.05) is 25.4 Å². The molecule has 0 bridgehead atoms. The van der Waals surface area contributed by atoms with Gasteiger partial charge in [0.15, 0.2) is 0 Å². The quantitative estimate of drug-likeness (QED) is 0.817. The van der Waals surface area contributed by atoms with Gasteiger partial charge >= 0.3 is 6.03 Å². The Morgan fingerprint density at radius 1 is 1.40 bits per heavy atom. The second-order valence-corrected chi connectivity index (χ2v) is 7.89. The summed E-state index contributed by atoms with van der Waals surface area (Å²) in [7, 11) is -0.756. The van der Waals surface area contributed by atoms with Gasteiger partial charge in [0.2, 0.25) is 0 Å². The van der Waals surface area contributed by atoms with Crippen LogP contribution in [0, 0.1) is 5.92 Å². The summed E-state index contributed by atoms with van der Waals surface area (Å²) >= 11 is 0. The van der Waals surface area contributed by atoms with Gasteiger partial charge in [-0.05, 0) is 25.7 Å². The molecule has 2 N–H and O–H groups in total. The molecule has 20 heavy (non-hydrogen) atoms. The molecule has 2 rings (SSSR count). The third-order valence-electron chi connectivity index (χ3n) is 4.44. The Bertz CT molecular complexity index is 364. The number of amides is 2. The van der Waals surface area contributed by atoms with Gasteiger partial charge in [0.05, 0.1) is 0 Å². The van der Waals surface area contributed by atoms with Crippen molar-refractivity contribution < 1.29 is 14.1 Å². The summed E-state index contributed by atoms with van der Waals surface area (Å²) in [6.45, 7) is 3.50. The van der Waals surface area contributed by atoms with Crippen LogP contribution in [0.4, 0.5) is 4.79 Å². The zero-order valence-corrected chi connectivity index (χ0v) is 13.0. The van der Waals surface area contributed by atoms with Crippen LogP contribution in [0.3, 0.4) is 0 Å². The zero-order chi connectivity index (χ0) is 14.5. The molecule has 116 valence electrons. The van der Waals surface area contributed by atoms with Gasteiger partial charge in [-0.2, -0.15) is 0 Å². The minimum Gasteiger partial charge on any atom is -0.396 e. The molecular weight excluding hydrogens is 276 g/mol. The summed E-state index contributed by atoms with van der Waals surface area (Å²) in [6, 6.07) is 0.138. The number of rotatable bonds is 4. The van der Waals surface area contributed by atoms with E-state index in [0.717, 1.165) is 38.6 Å². The molecule has 2 aliphatic rings. The second-order valence-electron chi connectivity index (χ2n) is 5.89. The Morgan fingerprint density at radius 3 is 2.85 bits per heavy atom. The maximum Gasteiger partial charge on any atom is 0.317 e. The van der Waals surface area contributed by atoms with Crippen molar-refractivity contribution in [2.24, 2.45) is 5.92 Å². The Hall–Kier alpha value is -0.620. The summed E-state index contributed by atoms with van der Waals surface area (Å²) in [5.74, 6) is 0.933. The number of nitrogens with one attached hydrogen (secondary N) is 1. The number of aliphatic hydroxyl groups is 1. The Balaban J connectivity index is 1.80. The number of hydrogen-bond donors (Lipinski definition) is 2. The summed E-state index contributed by atoms with van der Waals surface area (Å²) in [5, 5.41) is 12.4. The lowest BCUT2D eigenvalue weighted by Gasteiger charge is -2.30. The van der Waals surface area contributed by atoms with E-state index < -0.39 is 10.8 Å². The van der Waals surface area contributed by atoms with E-state index in [9.17, 15) is 9.00 Å². The van der Waals surface area contributed by atoms with E-state index in [1.54, 1.807) is 4.90 Å². The van der Waals surface area contributed by atoms with Gasteiger partial charge in [0.25, 0.3) is 0 Å². The fraction of sp³-hybridized carbons (Fsp3) is 0.929. The highest BCUT2D eigenvalue weighted by atomic mass is 32.2. The van der Waals surface area contributed by atoms with Crippen LogP contribution in [0.15, 0.2) is 0 Å². The number of aliphatic hydroxyl groups excluding tert-OH is 1.